The molecular formula is C18H21N3. The molecule has 0 saturated heterocycles. The minimum absolute atomic E-state index is 0.0424. The lowest BCUT2D eigenvalue weighted by Crippen LogP contribution is -2.22. The Morgan fingerprint density at radius 1 is 1.05 bits per heavy atom. The molecule has 3 rings (SSSR count). The molecule has 21 heavy (non-hydrogen) atoms. The topological polar surface area (TPSA) is 43.8 Å². The summed E-state index contributed by atoms with van der Waals surface area (Å²) in [5.41, 5.74) is 11.1. The molecule has 0 amide bonds. The summed E-state index contributed by atoms with van der Waals surface area (Å²) in [5, 5.41) is 0. The van der Waals surface area contributed by atoms with E-state index in [0.717, 1.165) is 33.7 Å². The average molecular weight is 279 g/mol. The highest BCUT2D eigenvalue weighted by atomic mass is 15.1. The fraction of sp³-hybridized carbons (Fsp3) is 0.278. The summed E-state index contributed by atoms with van der Waals surface area (Å²) in [5.74, 6) is 1.00. The molecule has 2 aromatic carbocycles. The molecule has 0 bridgehead atoms. The summed E-state index contributed by atoms with van der Waals surface area (Å²) >= 11 is 0. The molecular weight excluding hydrogens is 258 g/mol. The van der Waals surface area contributed by atoms with E-state index in [1.165, 1.54) is 0 Å². The van der Waals surface area contributed by atoms with E-state index in [4.69, 9.17) is 10.7 Å². The number of anilines is 1. The number of nitrogens with two attached hydrogens (primary N) is 1. The third-order valence-corrected chi connectivity index (χ3v) is 3.72. The van der Waals surface area contributed by atoms with E-state index in [0.29, 0.717) is 0 Å². The molecule has 0 atom stereocenters. The SMILES string of the molecule is Cc1cc(N)ccc1-c1nc2ccccc2n1C(C)(C)C. The number of rotatable bonds is 1. The van der Waals surface area contributed by atoms with Crippen LogP contribution in [-0.4, -0.2) is 9.55 Å². The Hall–Kier alpha value is -2.29. The van der Waals surface area contributed by atoms with Gasteiger partial charge >= 0.3 is 0 Å². The van der Waals surface area contributed by atoms with Crippen molar-refractivity contribution < 1.29 is 0 Å². The lowest BCUT2D eigenvalue weighted by molar-refractivity contribution is 0.413. The highest BCUT2D eigenvalue weighted by Gasteiger charge is 2.22. The predicted octanol–water partition coefficient (Wildman–Crippen LogP) is 4.35. The number of fused-ring (bicyclic) bond motifs is 1. The number of nitrogen functional groups attached to an aromatic ring is 1. The van der Waals surface area contributed by atoms with Crippen molar-refractivity contribution >= 4 is 16.7 Å². The Bertz CT molecular complexity index is 807. The number of nitrogens with zero attached hydrogens (tertiary/aromatic N) is 2. The Morgan fingerprint density at radius 3 is 2.43 bits per heavy atom. The van der Waals surface area contributed by atoms with Gasteiger partial charge in [0.1, 0.15) is 5.82 Å². The number of aromatic nitrogens is 2. The number of hydrogen-bond donors (Lipinski definition) is 1. The van der Waals surface area contributed by atoms with Crippen molar-refractivity contribution in [1.29, 1.82) is 0 Å². The minimum Gasteiger partial charge on any atom is -0.399 e. The van der Waals surface area contributed by atoms with Gasteiger partial charge < -0.3 is 10.3 Å². The quantitative estimate of drug-likeness (QED) is 0.673. The van der Waals surface area contributed by atoms with Crippen molar-refractivity contribution in [2.75, 3.05) is 5.73 Å². The monoisotopic (exact) mass is 279 g/mol. The van der Waals surface area contributed by atoms with Gasteiger partial charge in [-0.3, -0.25) is 0 Å². The summed E-state index contributed by atoms with van der Waals surface area (Å²) in [6, 6.07) is 14.3. The van der Waals surface area contributed by atoms with Crippen LogP contribution in [0.4, 0.5) is 5.69 Å². The molecule has 0 fully saturated rings. The summed E-state index contributed by atoms with van der Waals surface area (Å²) in [6.45, 7) is 8.70. The van der Waals surface area contributed by atoms with Crippen LogP contribution in [0.2, 0.25) is 0 Å². The molecule has 2 N–H and O–H groups in total. The highest BCUT2D eigenvalue weighted by molar-refractivity contribution is 5.82. The van der Waals surface area contributed by atoms with Crippen molar-refractivity contribution in [3.05, 3.63) is 48.0 Å². The Balaban J connectivity index is 2.37. The van der Waals surface area contributed by atoms with Crippen LogP contribution in [0, 0.1) is 6.92 Å². The van der Waals surface area contributed by atoms with Crippen LogP contribution < -0.4 is 5.73 Å². The number of para-hydroxylation sites is 2. The zero-order chi connectivity index (χ0) is 15.2. The van der Waals surface area contributed by atoms with Gasteiger partial charge in [-0.2, -0.15) is 0 Å². The van der Waals surface area contributed by atoms with Crippen LogP contribution in [0.3, 0.4) is 0 Å². The van der Waals surface area contributed by atoms with Gasteiger partial charge in [-0.05, 0) is 63.6 Å². The molecule has 0 saturated carbocycles. The number of benzene rings is 2. The van der Waals surface area contributed by atoms with E-state index >= 15 is 0 Å². The molecule has 3 nitrogen and oxygen atoms in total. The van der Waals surface area contributed by atoms with Gasteiger partial charge in [0.2, 0.25) is 0 Å². The summed E-state index contributed by atoms with van der Waals surface area (Å²) in [6.07, 6.45) is 0. The summed E-state index contributed by atoms with van der Waals surface area (Å²) in [4.78, 5) is 4.86. The van der Waals surface area contributed by atoms with Gasteiger partial charge in [-0.15, -0.1) is 0 Å². The summed E-state index contributed by atoms with van der Waals surface area (Å²) in [7, 11) is 0. The van der Waals surface area contributed by atoms with Crippen LogP contribution in [0.1, 0.15) is 26.3 Å². The minimum atomic E-state index is -0.0424. The van der Waals surface area contributed by atoms with Gasteiger partial charge in [-0.25, -0.2) is 4.98 Å². The molecule has 0 aliphatic carbocycles. The van der Waals surface area contributed by atoms with E-state index < -0.39 is 0 Å². The zero-order valence-corrected chi connectivity index (χ0v) is 13.0. The zero-order valence-electron chi connectivity index (χ0n) is 13.0. The maximum Gasteiger partial charge on any atom is 0.141 e. The van der Waals surface area contributed by atoms with Gasteiger partial charge in [0, 0.05) is 16.8 Å². The normalized spacial score (nSPS) is 12.0. The first-order chi connectivity index (χ1) is 9.88. The smallest absolute Gasteiger partial charge is 0.141 e. The van der Waals surface area contributed by atoms with Crippen LogP contribution >= 0.6 is 0 Å². The molecule has 0 aliphatic rings. The van der Waals surface area contributed by atoms with E-state index in [1.54, 1.807) is 0 Å². The molecule has 3 aromatic rings. The van der Waals surface area contributed by atoms with Gasteiger partial charge in [0.25, 0.3) is 0 Å². The number of hydrogen-bond acceptors (Lipinski definition) is 2. The van der Waals surface area contributed by atoms with Gasteiger partial charge in [0.15, 0.2) is 0 Å². The standard InChI is InChI=1S/C18H21N3/c1-12-11-13(19)9-10-14(12)17-20-15-7-5-6-8-16(15)21(17)18(2,3)4/h5-11H,19H2,1-4H3. The molecule has 1 heterocycles. The third kappa shape index (κ3) is 2.29. The molecule has 0 spiro atoms. The first-order valence-electron chi connectivity index (χ1n) is 7.22. The van der Waals surface area contributed by atoms with Crippen molar-refractivity contribution in [2.24, 2.45) is 0 Å². The summed E-state index contributed by atoms with van der Waals surface area (Å²) < 4.78 is 2.31. The Morgan fingerprint density at radius 2 is 1.76 bits per heavy atom. The lowest BCUT2D eigenvalue weighted by atomic mass is 10.0. The molecule has 3 heteroatoms. The Labute approximate surface area is 125 Å². The lowest BCUT2D eigenvalue weighted by Gasteiger charge is -2.25. The molecule has 0 unspecified atom stereocenters. The molecule has 108 valence electrons. The van der Waals surface area contributed by atoms with Gasteiger partial charge in [0.05, 0.1) is 11.0 Å². The third-order valence-electron chi connectivity index (χ3n) is 3.72. The Kier molecular flexibility index (Phi) is 3.01. The second-order valence-electron chi connectivity index (χ2n) is 6.50. The van der Waals surface area contributed by atoms with Crippen LogP contribution in [0.25, 0.3) is 22.4 Å². The first-order valence-corrected chi connectivity index (χ1v) is 7.22. The van der Waals surface area contributed by atoms with E-state index in [1.807, 2.05) is 18.2 Å². The van der Waals surface area contributed by atoms with E-state index in [2.05, 4.69) is 56.5 Å². The second kappa shape index (κ2) is 4.62. The van der Waals surface area contributed by atoms with Crippen molar-refractivity contribution in [3.63, 3.8) is 0 Å². The van der Waals surface area contributed by atoms with E-state index in [-0.39, 0.29) is 5.54 Å². The second-order valence-corrected chi connectivity index (χ2v) is 6.50. The predicted molar refractivity (Wildman–Crippen MR) is 89.3 cm³/mol. The first kappa shape index (κ1) is 13.7. The highest BCUT2D eigenvalue weighted by Crippen LogP contribution is 2.33. The average Bonchev–Trinajstić information content (AvgIpc) is 2.77. The molecule has 1 aromatic heterocycles. The largest absolute Gasteiger partial charge is 0.399 e. The maximum atomic E-state index is 5.88. The van der Waals surface area contributed by atoms with Crippen molar-refractivity contribution in [2.45, 2.75) is 33.2 Å². The maximum absolute atomic E-state index is 5.88. The van der Waals surface area contributed by atoms with Crippen molar-refractivity contribution in [1.82, 2.24) is 9.55 Å². The fourth-order valence-electron chi connectivity index (χ4n) is 2.82. The number of aryl methyl sites for hydroxylation is 1. The molecule has 0 radical (unpaired) electrons. The number of imidazole rings is 1. The van der Waals surface area contributed by atoms with Crippen LogP contribution in [0.15, 0.2) is 42.5 Å². The van der Waals surface area contributed by atoms with Crippen LogP contribution in [-0.2, 0) is 5.54 Å². The molecule has 0 aliphatic heterocycles. The van der Waals surface area contributed by atoms with Gasteiger partial charge in [-0.1, -0.05) is 12.1 Å². The van der Waals surface area contributed by atoms with Crippen LogP contribution in [0.5, 0.6) is 0 Å². The fourth-order valence-corrected chi connectivity index (χ4v) is 2.82. The van der Waals surface area contributed by atoms with E-state index in [9.17, 15) is 0 Å². The van der Waals surface area contributed by atoms with Crippen molar-refractivity contribution in [3.8, 4) is 11.4 Å².